The van der Waals surface area contributed by atoms with E-state index >= 15 is 0 Å². The number of likely N-dealkylation sites (tertiary alicyclic amines) is 1. The van der Waals surface area contributed by atoms with Crippen LogP contribution in [-0.2, 0) is 9.59 Å². The predicted octanol–water partition coefficient (Wildman–Crippen LogP) is 4.48. The molecular formula is C21H20BrFN2O2. The molecule has 2 aromatic carbocycles. The minimum Gasteiger partial charge on any atom is -0.338 e. The van der Waals surface area contributed by atoms with Gasteiger partial charge in [0.05, 0.1) is 5.92 Å². The summed E-state index contributed by atoms with van der Waals surface area (Å²) in [4.78, 5) is 26.6. The Morgan fingerprint density at radius 2 is 1.96 bits per heavy atom. The number of benzene rings is 2. The number of carbonyl (C=O) groups excluding carboxylic acids is 2. The van der Waals surface area contributed by atoms with Crippen molar-refractivity contribution in [3.8, 4) is 0 Å². The highest BCUT2D eigenvalue weighted by Gasteiger charge is 2.27. The third kappa shape index (κ3) is 5.26. The average Bonchev–Trinajstić information content (AvgIpc) is 2.69. The van der Waals surface area contributed by atoms with E-state index in [-0.39, 0.29) is 23.5 Å². The maximum Gasteiger partial charge on any atom is 0.246 e. The Labute approximate surface area is 166 Å². The number of carbonyl (C=O) groups is 2. The highest BCUT2D eigenvalue weighted by Crippen LogP contribution is 2.20. The number of piperidine rings is 1. The first-order chi connectivity index (χ1) is 13.0. The second-order valence-electron chi connectivity index (χ2n) is 6.48. The molecule has 2 aromatic rings. The number of nitrogens with one attached hydrogen (secondary N) is 1. The molecule has 4 nitrogen and oxygen atoms in total. The molecule has 140 valence electrons. The number of para-hydroxylation sites is 1. The summed E-state index contributed by atoms with van der Waals surface area (Å²) in [6, 6.07) is 13.8. The molecule has 1 saturated heterocycles. The molecule has 0 aromatic heterocycles. The zero-order chi connectivity index (χ0) is 19.2. The van der Waals surface area contributed by atoms with Gasteiger partial charge in [0.25, 0.3) is 0 Å². The quantitative estimate of drug-likeness (QED) is 0.726. The van der Waals surface area contributed by atoms with Crippen LogP contribution < -0.4 is 5.32 Å². The van der Waals surface area contributed by atoms with Crippen molar-refractivity contribution in [1.82, 2.24) is 4.90 Å². The fourth-order valence-corrected chi connectivity index (χ4v) is 3.44. The van der Waals surface area contributed by atoms with Crippen LogP contribution in [0, 0.1) is 11.7 Å². The van der Waals surface area contributed by atoms with Crippen LogP contribution in [-0.4, -0.2) is 29.8 Å². The molecule has 1 N–H and O–H groups in total. The zero-order valence-corrected chi connectivity index (χ0v) is 16.3. The lowest BCUT2D eigenvalue weighted by Crippen LogP contribution is -2.43. The summed E-state index contributed by atoms with van der Waals surface area (Å²) in [6.45, 7) is 0.960. The Balaban J connectivity index is 1.61. The molecule has 1 unspecified atom stereocenters. The van der Waals surface area contributed by atoms with Gasteiger partial charge in [0.2, 0.25) is 11.8 Å². The number of amides is 2. The van der Waals surface area contributed by atoms with Gasteiger partial charge in [-0.2, -0.15) is 0 Å². The first-order valence-electron chi connectivity index (χ1n) is 8.81. The lowest BCUT2D eigenvalue weighted by molar-refractivity contribution is -0.130. The Morgan fingerprint density at radius 3 is 2.74 bits per heavy atom. The van der Waals surface area contributed by atoms with Crippen molar-refractivity contribution in [3.63, 3.8) is 0 Å². The van der Waals surface area contributed by atoms with E-state index in [0.29, 0.717) is 18.7 Å². The normalized spacial score (nSPS) is 17.1. The van der Waals surface area contributed by atoms with Gasteiger partial charge in [-0.25, -0.2) is 4.39 Å². The SMILES string of the molecule is O=C(Nc1ccccc1)C1CCCN(C(=O)C=Cc2cc(Br)ccc2F)C1. The summed E-state index contributed by atoms with van der Waals surface area (Å²) in [6.07, 6.45) is 4.34. The standard InChI is InChI=1S/C21H20BrFN2O2/c22-17-9-10-19(23)15(13-17)8-11-20(26)25-12-4-5-16(14-25)21(27)24-18-6-2-1-3-7-18/h1-3,6-11,13,16H,4-5,12,14H2,(H,24,27). The van der Waals surface area contributed by atoms with E-state index in [4.69, 9.17) is 0 Å². The highest BCUT2D eigenvalue weighted by molar-refractivity contribution is 9.10. The molecule has 1 atom stereocenters. The highest BCUT2D eigenvalue weighted by atomic mass is 79.9. The summed E-state index contributed by atoms with van der Waals surface area (Å²) in [5, 5.41) is 2.89. The Kier molecular flexibility index (Phi) is 6.40. The van der Waals surface area contributed by atoms with Gasteiger partial charge in [0.1, 0.15) is 5.82 Å². The number of nitrogens with zero attached hydrogens (tertiary/aromatic N) is 1. The van der Waals surface area contributed by atoms with E-state index in [1.54, 1.807) is 17.0 Å². The Hall–Kier alpha value is -2.47. The summed E-state index contributed by atoms with van der Waals surface area (Å²) in [5.74, 6) is -0.938. The number of hydrogen-bond acceptors (Lipinski definition) is 2. The van der Waals surface area contributed by atoms with Crippen molar-refractivity contribution < 1.29 is 14.0 Å². The fourth-order valence-electron chi connectivity index (χ4n) is 3.07. The number of anilines is 1. The van der Waals surface area contributed by atoms with Crippen molar-refractivity contribution in [1.29, 1.82) is 0 Å². The van der Waals surface area contributed by atoms with Crippen molar-refractivity contribution in [3.05, 3.63) is 70.5 Å². The van der Waals surface area contributed by atoms with Crippen LogP contribution in [0.2, 0.25) is 0 Å². The van der Waals surface area contributed by atoms with Gasteiger partial charge in [0.15, 0.2) is 0 Å². The van der Waals surface area contributed by atoms with Crippen LogP contribution in [0.25, 0.3) is 6.08 Å². The first-order valence-corrected chi connectivity index (χ1v) is 9.60. The molecule has 6 heteroatoms. The molecule has 0 bridgehead atoms. The summed E-state index contributed by atoms with van der Waals surface area (Å²) in [5.41, 5.74) is 1.09. The Morgan fingerprint density at radius 1 is 1.19 bits per heavy atom. The largest absolute Gasteiger partial charge is 0.338 e. The summed E-state index contributed by atoms with van der Waals surface area (Å²) in [7, 11) is 0. The smallest absolute Gasteiger partial charge is 0.246 e. The van der Waals surface area contributed by atoms with Crippen LogP contribution >= 0.6 is 15.9 Å². The van der Waals surface area contributed by atoms with Gasteiger partial charge in [-0.3, -0.25) is 9.59 Å². The number of halogens is 2. The van der Waals surface area contributed by atoms with Crippen molar-refractivity contribution in [2.45, 2.75) is 12.8 Å². The molecule has 0 aliphatic carbocycles. The topological polar surface area (TPSA) is 49.4 Å². The van der Waals surface area contributed by atoms with Crippen molar-refractivity contribution >= 4 is 39.5 Å². The number of rotatable bonds is 4. The van der Waals surface area contributed by atoms with Crippen LogP contribution in [0.5, 0.6) is 0 Å². The van der Waals surface area contributed by atoms with E-state index in [1.807, 2.05) is 30.3 Å². The maximum atomic E-state index is 13.8. The van der Waals surface area contributed by atoms with Gasteiger partial charge < -0.3 is 10.2 Å². The van der Waals surface area contributed by atoms with Crippen molar-refractivity contribution in [2.75, 3.05) is 18.4 Å². The van der Waals surface area contributed by atoms with Gasteiger partial charge in [-0.15, -0.1) is 0 Å². The lowest BCUT2D eigenvalue weighted by Gasteiger charge is -2.31. The minimum atomic E-state index is -0.388. The van der Waals surface area contributed by atoms with E-state index in [2.05, 4.69) is 21.2 Å². The fraction of sp³-hybridized carbons (Fsp3) is 0.238. The molecule has 1 aliphatic heterocycles. The maximum absolute atomic E-state index is 13.8. The van der Waals surface area contributed by atoms with Gasteiger partial charge in [-0.05, 0) is 49.2 Å². The second-order valence-corrected chi connectivity index (χ2v) is 7.39. The van der Waals surface area contributed by atoms with Crippen LogP contribution in [0.4, 0.5) is 10.1 Å². The number of hydrogen-bond donors (Lipinski definition) is 1. The summed E-state index contributed by atoms with van der Waals surface area (Å²) < 4.78 is 14.5. The second kappa shape index (κ2) is 8.95. The zero-order valence-electron chi connectivity index (χ0n) is 14.7. The van der Waals surface area contributed by atoms with Gasteiger partial charge in [-0.1, -0.05) is 34.1 Å². The molecule has 3 rings (SSSR count). The molecule has 1 aliphatic rings. The van der Waals surface area contributed by atoms with E-state index in [1.165, 1.54) is 18.2 Å². The van der Waals surface area contributed by atoms with Crippen LogP contribution in [0.1, 0.15) is 18.4 Å². The average molecular weight is 431 g/mol. The van der Waals surface area contributed by atoms with E-state index in [9.17, 15) is 14.0 Å². The third-order valence-electron chi connectivity index (χ3n) is 4.51. The molecule has 1 heterocycles. The first kappa shape index (κ1) is 19.3. The minimum absolute atomic E-state index is 0.0827. The predicted molar refractivity (Wildman–Crippen MR) is 108 cm³/mol. The van der Waals surface area contributed by atoms with Gasteiger partial charge in [0, 0.05) is 34.9 Å². The third-order valence-corrected chi connectivity index (χ3v) is 5.00. The molecule has 27 heavy (non-hydrogen) atoms. The Bertz CT molecular complexity index is 855. The molecule has 0 saturated carbocycles. The van der Waals surface area contributed by atoms with Crippen LogP contribution in [0.3, 0.4) is 0 Å². The van der Waals surface area contributed by atoms with E-state index < -0.39 is 0 Å². The van der Waals surface area contributed by atoms with Gasteiger partial charge >= 0.3 is 0 Å². The van der Waals surface area contributed by atoms with E-state index in [0.717, 1.165) is 23.0 Å². The lowest BCUT2D eigenvalue weighted by atomic mass is 9.97. The molecule has 2 amide bonds. The molecule has 0 radical (unpaired) electrons. The van der Waals surface area contributed by atoms with Crippen LogP contribution in [0.15, 0.2) is 59.1 Å². The molecular weight excluding hydrogens is 411 g/mol. The van der Waals surface area contributed by atoms with Crippen molar-refractivity contribution in [2.24, 2.45) is 5.92 Å². The molecule has 1 fully saturated rings. The monoisotopic (exact) mass is 430 g/mol. The summed E-state index contributed by atoms with van der Waals surface area (Å²) >= 11 is 3.29. The molecule has 0 spiro atoms.